The van der Waals surface area contributed by atoms with Crippen LogP contribution in [-0.2, 0) is 4.74 Å². The molecular weight excluding hydrogens is 316 g/mol. The number of benzene rings is 1. The SMILES string of the molecule is C[C@@H](c1ccccc1)N1[C@@H]2CC[C@@H]([C@H]2NC(=O)OC(C)(C)C)[C@@H]1CO. The molecule has 138 valence electrons. The maximum atomic E-state index is 12.3. The number of piperidine rings is 1. The summed E-state index contributed by atoms with van der Waals surface area (Å²) in [5.41, 5.74) is 0.735. The molecule has 1 aliphatic heterocycles. The van der Waals surface area contributed by atoms with Gasteiger partial charge in [-0.15, -0.1) is 0 Å². The monoisotopic (exact) mass is 346 g/mol. The van der Waals surface area contributed by atoms with Crippen molar-refractivity contribution in [2.45, 2.75) is 70.3 Å². The third-order valence-electron chi connectivity index (χ3n) is 5.53. The van der Waals surface area contributed by atoms with E-state index in [1.807, 2.05) is 39.0 Å². The first-order valence-electron chi connectivity index (χ1n) is 9.24. The number of ether oxygens (including phenoxy) is 1. The topological polar surface area (TPSA) is 61.8 Å². The van der Waals surface area contributed by atoms with Crippen LogP contribution in [0.3, 0.4) is 0 Å². The summed E-state index contributed by atoms with van der Waals surface area (Å²) in [7, 11) is 0. The minimum absolute atomic E-state index is 0.0400. The maximum absolute atomic E-state index is 12.3. The predicted octanol–water partition coefficient (Wildman–Crippen LogP) is 3.10. The minimum atomic E-state index is -0.505. The van der Waals surface area contributed by atoms with Gasteiger partial charge in [0.05, 0.1) is 12.6 Å². The summed E-state index contributed by atoms with van der Waals surface area (Å²) in [6.07, 6.45) is 1.72. The number of amides is 1. The fourth-order valence-corrected chi connectivity index (χ4v) is 4.60. The van der Waals surface area contributed by atoms with Crippen LogP contribution >= 0.6 is 0 Å². The van der Waals surface area contributed by atoms with Gasteiger partial charge in [0.2, 0.25) is 0 Å². The van der Waals surface area contributed by atoms with Gasteiger partial charge in [0.15, 0.2) is 0 Å². The molecule has 1 amide bonds. The van der Waals surface area contributed by atoms with E-state index in [0.29, 0.717) is 0 Å². The number of carbonyl (C=O) groups excluding carboxylic acids is 1. The standard InChI is InChI=1S/C20H30N2O3/c1-13(14-8-6-5-7-9-14)22-16-11-10-15(17(22)12-23)18(16)21-19(24)25-20(2,3)4/h5-9,13,15-18,23H,10-12H2,1-4H3,(H,21,24)/t13-,15+,16+,17-,18+/m0/s1. The summed E-state index contributed by atoms with van der Waals surface area (Å²) in [4.78, 5) is 14.7. The summed E-state index contributed by atoms with van der Waals surface area (Å²) in [6, 6.07) is 10.9. The van der Waals surface area contributed by atoms with Crippen molar-refractivity contribution in [3.05, 3.63) is 35.9 Å². The molecule has 5 nitrogen and oxygen atoms in total. The molecule has 1 heterocycles. The van der Waals surface area contributed by atoms with Crippen LogP contribution < -0.4 is 5.32 Å². The molecular formula is C20H30N2O3. The molecule has 2 aliphatic rings. The normalized spacial score (nSPS) is 30.3. The van der Waals surface area contributed by atoms with E-state index < -0.39 is 5.60 Å². The molecule has 3 rings (SSSR count). The van der Waals surface area contributed by atoms with Gasteiger partial charge in [0, 0.05) is 18.1 Å². The van der Waals surface area contributed by atoms with E-state index in [1.54, 1.807) is 0 Å². The van der Waals surface area contributed by atoms with Crippen LogP contribution in [0.25, 0.3) is 0 Å². The lowest BCUT2D eigenvalue weighted by molar-refractivity contribution is 0.0475. The number of fused-ring (bicyclic) bond motifs is 2. The summed E-state index contributed by atoms with van der Waals surface area (Å²) < 4.78 is 5.44. The van der Waals surface area contributed by atoms with E-state index in [2.05, 4.69) is 29.3 Å². The van der Waals surface area contributed by atoms with E-state index >= 15 is 0 Å². The summed E-state index contributed by atoms with van der Waals surface area (Å²) in [5, 5.41) is 13.1. The van der Waals surface area contributed by atoms with Crippen molar-refractivity contribution in [3.63, 3.8) is 0 Å². The third-order valence-corrected chi connectivity index (χ3v) is 5.53. The molecule has 1 aliphatic carbocycles. The number of rotatable bonds is 4. The van der Waals surface area contributed by atoms with Crippen molar-refractivity contribution in [2.75, 3.05) is 6.61 Å². The van der Waals surface area contributed by atoms with Crippen molar-refractivity contribution in [1.82, 2.24) is 10.2 Å². The number of hydrogen-bond acceptors (Lipinski definition) is 4. The molecule has 1 saturated carbocycles. The average Bonchev–Trinajstić information content (AvgIpc) is 3.07. The van der Waals surface area contributed by atoms with E-state index in [0.717, 1.165) is 12.8 Å². The van der Waals surface area contributed by atoms with Crippen molar-refractivity contribution in [1.29, 1.82) is 0 Å². The van der Waals surface area contributed by atoms with Gasteiger partial charge in [-0.3, -0.25) is 4.90 Å². The van der Waals surface area contributed by atoms with Crippen molar-refractivity contribution in [2.24, 2.45) is 5.92 Å². The van der Waals surface area contributed by atoms with Crippen LogP contribution in [0.1, 0.15) is 52.1 Å². The molecule has 2 fully saturated rings. The molecule has 5 atom stereocenters. The molecule has 0 radical (unpaired) electrons. The highest BCUT2D eigenvalue weighted by Crippen LogP contribution is 2.46. The lowest BCUT2D eigenvalue weighted by Gasteiger charge is -2.38. The Morgan fingerprint density at radius 2 is 2.00 bits per heavy atom. The molecule has 0 spiro atoms. The largest absolute Gasteiger partial charge is 0.444 e. The number of aliphatic hydroxyl groups is 1. The van der Waals surface area contributed by atoms with Crippen molar-refractivity contribution in [3.8, 4) is 0 Å². The highest BCUT2D eigenvalue weighted by atomic mass is 16.6. The summed E-state index contributed by atoms with van der Waals surface area (Å²) >= 11 is 0. The fraction of sp³-hybridized carbons (Fsp3) is 0.650. The number of nitrogens with zero attached hydrogens (tertiary/aromatic N) is 1. The molecule has 2 N–H and O–H groups in total. The highest BCUT2D eigenvalue weighted by molar-refractivity contribution is 5.68. The second-order valence-corrected chi connectivity index (χ2v) is 8.26. The maximum Gasteiger partial charge on any atom is 0.407 e. The number of likely N-dealkylation sites (tertiary alicyclic amines) is 1. The van der Waals surface area contributed by atoms with Gasteiger partial charge in [-0.05, 0) is 52.0 Å². The molecule has 25 heavy (non-hydrogen) atoms. The zero-order valence-corrected chi connectivity index (χ0v) is 15.6. The summed E-state index contributed by atoms with van der Waals surface area (Å²) in [6.45, 7) is 7.91. The fourth-order valence-electron chi connectivity index (χ4n) is 4.60. The Hall–Kier alpha value is -1.59. The quantitative estimate of drug-likeness (QED) is 0.879. The smallest absolute Gasteiger partial charge is 0.407 e. The summed E-state index contributed by atoms with van der Waals surface area (Å²) in [5.74, 6) is 0.272. The van der Waals surface area contributed by atoms with Gasteiger partial charge in [-0.1, -0.05) is 30.3 Å². The van der Waals surface area contributed by atoms with Crippen LogP contribution in [0.4, 0.5) is 4.79 Å². The Morgan fingerprint density at radius 3 is 2.60 bits per heavy atom. The Morgan fingerprint density at radius 1 is 1.32 bits per heavy atom. The molecule has 1 saturated heterocycles. The molecule has 0 unspecified atom stereocenters. The number of hydrogen-bond donors (Lipinski definition) is 2. The minimum Gasteiger partial charge on any atom is -0.444 e. The highest BCUT2D eigenvalue weighted by Gasteiger charge is 2.55. The van der Waals surface area contributed by atoms with Crippen LogP contribution in [0.2, 0.25) is 0 Å². The first-order chi connectivity index (χ1) is 11.8. The van der Waals surface area contributed by atoms with E-state index in [4.69, 9.17) is 4.74 Å². The van der Waals surface area contributed by atoms with Gasteiger partial charge in [0.25, 0.3) is 0 Å². The van der Waals surface area contributed by atoms with E-state index in [-0.39, 0.29) is 42.8 Å². The van der Waals surface area contributed by atoms with Crippen LogP contribution in [0.15, 0.2) is 30.3 Å². The van der Waals surface area contributed by atoms with Crippen molar-refractivity contribution < 1.29 is 14.6 Å². The lowest BCUT2D eigenvalue weighted by Crippen LogP contribution is -2.46. The molecule has 0 aromatic heterocycles. The number of aliphatic hydroxyl groups excluding tert-OH is 1. The number of nitrogens with one attached hydrogen (secondary N) is 1. The van der Waals surface area contributed by atoms with Gasteiger partial charge < -0.3 is 15.2 Å². The first-order valence-corrected chi connectivity index (χ1v) is 9.24. The molecule has 1 aromatic rings. The van der Waals surface area contributed by atoms with Crippen LogP contribution in [0, 0.1) is 5.92 Å². The molecule has 5 heteroatoms. The van der Waals surface area contributed by atoms with E-state index in [9.17, 15) is 9.90 Å². The Balaban J connectivity index is 1.77. The average molecular weight is 346 g/mol. The van der Waals surface area contributed by atoms with Gasteiger partial charge in [-0.25, -0.2) is 4.79 Å². The second-order valence-electron chi connectivity index (χ2n) is 8.26. The second kappa shape index (κ2) is 6.96. The Bertz CT molecular complexity index is 599. The molecule has 1 aromatic carbocycles. The Kier molecular flexibility index (Phi) is 5.07. The van der Waals surface area contributed by atoms with Gasteiger partial charge in [-0.2, -0.15) is 0 Å². The zero-order valence-electron chi connectivity index (χ0n) is 15.6. The Labute approximate surface area is 150 Å². The molecule has 2 bridgehead atoms. The number of carbonyl (C=O) groups is 1. The first kappa shape index (κ1) is 18.2. The van der Waals surface area contributed by atoms with Crippen LogP contribution in [0.5, 0.6) is 0 Å². The third kappa shape index (κ3) is 3.67. The van der Waals surface area contributed by atoms with E-state index in [1.165, 1.54) is 5.56 Å². The van der Waals surface area contributed by atoms with Gasteiger partial charge in [0.1, 0.15) is 5.60 Å². The van der Waals surface area contributed by atoms with Crippen molar-refractivity contribution >= 4 is 6.09 Å². The predicted molar refractivity (Wildman–Crippen MR) is 97.2 cm³/mol. The van der Waals surface area contributed by atoms with Gasteiger partial charge >= 0.3 is 6.09 Å². The number of alkyl carbamates (subject to hydrolysis) is 1. The lowest BCUT2D eigenvalue weighted by atomic mass is 9.95. The zero-order chi connectivity index (χ0) is 18.2. The van der Waals surface area contributed by atoms with Crippen LogP contribution in [-0.4, -0.2) is 46.4 Å².